The Morgan fingerprint density at radius 1 is 1.43 bits per heavy atom. The smallest absolute Gasteiger partial charge is 0.321 e. The van der Waals surface area contributed by atoms with Crippen LogP contribution >= 0.6 is 0 Å². The third-order valence-corrected chi connectivity index (χ3v) is 5.79. The average Bonchev–Trinajstić information content (AvgIpc) is 3.20. The number of carbonyl (C=O) groups is 1. The second-order valence-electron chi connectivity index (χ2n) is 7.90. The van der Waals surface area contributed by atoms with E-state index in [0.29, 0.717) is 55.3 Å². The molecule has 1 aliphatic heterocycles. The highest BCUT2D eigenvalue weighted by Crippen LogP contribution is 2.43. The van der Waals surface area contributed by atoms with Crippen molar-refractivity contribution in [2.45, 2.75) is 50.6 Å². The molecule has 0 bridgehead atoms. The van der Waals surface area contributed by atoms with Crippen LogP contribution in [0.25, 0.3) is 0 Å². The monoisotopic (exact) mass is 383 g/mol. The van der Waals surface area contributed by atoms with Crippen LogP contribution in [0.2, 0.25) is 0 Å². The number of anilines is 1. The number of hydrogen-bond donors (Lipinski definition) is 1. The Balaban J connectivity index is 1.40. The van der Waals surface area contributed by atoms with Crippen molar-refractivity contribution in [3.05, 3.63) is 41.0 Å². The van der Waals surface area contributed by atoms with Gasteiger partial charge in [-0.05, 0) is 37.8 Å². The molecule has 1 aromatic carbocycles. The van der Waals surface area contributed by atoms with Crippen LogP contribution in [0.3, 0.4) is 0 Å². The number of para-hydroxylation sites is 1. The van der Waals surface area contributed by atoms with Crippen molar-refractivity contribution in [3.8, 4) is 6.07 Å². The maximum absolute atomic E-state index is 13.2. The van der Waals surface area contributed by atoms with E-state index in [4.69, 9.17) is 4.52 Å². The van der Waals surface area contributed by atoms with Crippen molar-refractivity contribution < 1.29 is 13.7 Å². The topological polar surface area (TPSA) is 95.1 Å². The van der Waals surface area contributed by atoms with Crippen LogP contribution < -0.4 is 5.32 Å². The summed E-state index contributed by atoms with van der Waals surface area (Å²) in [7, 11) is 0. The van der Waals surface area contributed by atoms with Gasteiger partial charge in [0, 0.05) is 18.5 Å². The highest BCUT2D eigenvalue weighted by atomic mass is 19.1. The number of hydrogen-bond acceptors (Lipinski definition) is 5. The van der Waals surface area contributed by atoms with Crippen LogP contribution in [0, 0.1) is 18.3 Å². The molecular formula is C20H22FN5O2. The molecule has 2 aromatic rings. The second kappa shape index (κ2) is 6.89. The number of benzene rings is 1. The normalized spacial score (nSPS) is 23.1. The molecule has 1 saturated carbocycles. The van der Waals surface area contributed by atoms with E-state index in [1.54, 1.807) is 17.0 Å². The Bertz CT molecular complexity index is 942. The highest BCUT2D eigenvalue weighted by Gasteiger charge is 2.45. The molecule has 0 spiro atoms. The number of nitrogens with one attached hydrogen (secondary N) is 1. The van der Waals surface area contributed by atoms with Gasteiger partial charge in [-0.3, -0.25) is 0 Å². The minimum Gasteiger partial charge on any atom is -0.339 e. The first-order valence-electron chi connectivity index (χ1n) is 9.45. The lowest BCUT2D eigenvalue weighted by molar-refractivity contribution is 0.169. The van der Waals surface area contributed by atoms with Gasteiger partial charge in [0.1, 0.15) is 12.2 Å². The molecule has 0 radical (unpaired) electrons. The van der Waals surface area contributed by atoms with E-state index in [1.165, 1.54) is 0 Å². The van der Waals surface area contributed by atoms with Gasteiger partial charge in [-0.25, -0.2) is 9.18 Å². The fourth-order valence-electron chi connectivity index (χ4n) is 3.59. The van der Waals surface area contributed by atoms with E-state index in [-0.39, 0.29) is 17.4 Å². The zero-order valence-electron chi connectivity index (χ0n) is 15.9. The lowest BCUT2D eigenvalue weighted by Crippen LogP contribution is -2.46. The SMILES string of the molecule is Cc1cccc(C#N)c1NC(=O)N1CCC(C)(c2noc([C@@H]3C[C@@H]3F)n2)CC1. The summed E-state index contributed by atoms with van der Waals surface area (Å²) in [5, 5.41) is 16.2. The summed E-state index contributed by atoms with van der Waals surface area (Å²) in [6, 6.07) is 7.23. The first-order chi connectivity index (χ1) is 13.4. The highest BCUT2D eigenvalue weighted by molar-refractivity contribution is 5.91. The summed E-state index contributed by atoms with van der Waals surface area (Å²) in [5.74, 6) is 0.721. The largest absolute Gasteiger partial charge is 0.339 e. The van der Waals surface area contributed by atoms with Crippen molar-refractivity contribution in [2.24, 2.45) is 0 Å². The van der Waals surface area contributed by atoms with Gasteiger partial charge < -0.3 is 14.7 Å². The summed E-state index contributed by atoms with van der Waals surface area (Å²) < 4.78 is 18.5. The number of amides is 2. The molecule has 0 unspecified atom stereocenters. The predicted molar refractivity (Wildman–Crippen MR) is 99.6 cm³/mol. The first-order valence-corrected chi connectivity index (χ1v) is 9.45. The van der Waals surface area contributed by atoms with Gasteiger partial charge in [-0.1, -0.05) is 24.2 Å². The Morgan fingerprint density at radius 2 is 2.14 bits per heavy atom. The van der Waals surface area contributed by atoms with E-state index in [1.807, 2.05) is 19.9 Å². The van der Waals surface area contributed by atoms with Crippen LogP contribution in [-0.2, 0) is 5.41 Å². The maximum atomic E-state index is 13.2. The number of aryl methyl sites for hydroxylation is 1. The number of rotatable bonds is 3. The van der Waals surface area contributed by atoms with Gasteiger partial charge in [0.05, 0.1) is 17.2 Å². The lowest BCUT2D eigenvalue weighted by atomic mass is 9.80. The molecule has 2 atom stereocenters. The number of nitriles is 1. The molecule has 1 N–H and O–H groups in total. The summed E-state index contributed by atoms with van der Waals surface area (Å²) in [6.07, 6.45) is 0.950. The van der Waals surface area contributed by atoms with Gasteiger partial charge in [-0.15, -0.1) is 0 Å². The third-order valence-electron chi connectivity index (χ3n) is 5.79. The van der Waals surface area contributed by atoms with E-state index in [9.17, 15) is 14.4 Å². The predicted octanol–water partition coefficient (Wildman–Crippen LogP) is 3.66. The van der Waals surface area contributed by atoms with E-state index >= 15 is 0 Å². The molecule has 2 fully saturated rings. The minimum absolute atomic E-state index is 0.222. The van der Waals surface area contributed by atoms with Crippen LogP contribution in [0.15, 0.2) is 22.7 Å². The molecule has 4 rings (SSSR count). The molecule has 2 heterocycles. The molecule has 1 aliphatic carbocycles. The van der Waals surface area contributed by atoms with Gasteiger partial charge in [0.2, 0.25) is 5.89 Å². The molecule has 146 valence electrons. The molecule has 2 amide bonds. The van der Waals surface area contributed by atoms with Crippen LogP contribution in [0.4, 0.5) is 14.9 Å². The fourth-order valence-corrected chi connectivity index (χ4v) is 3.59. The molecule has 8 heteroatoms. The van der Waals surface area contributed by atoms with Crippen molar-refractivity contribution in [2.75, 3.05) is 18.4 Å². The third kappa shape index (κ3) is 3.33. The number of likely N-dealkylation sites (tertiary alicyclic amines) is 1. The molecule has 1 aromatic heterocycles. The van der Waals surface area contributed by atoms with Gasteiger partial charge in [0.25, 0.3) is 0 Å². The van der Waals surface area contributed by atoms with E-state index < -0.39 is 6.17 Å². The van der Waals surface area contributed by atoms with Crippen LogP contribution in [0.1, 0.15) is 54.9 Å². The zero-order chi connectivity index (χ0) is 19.9. The van der Waals surface area contributed by atoms with Crippen molar-refractivity contribution in [1.29, 1.82) is 5.26 Å². The zero-order valence-corrected chi connectivity index (χ0v) is 15.9. The first kappa shape index (κ1) is 18.4. The van der Waals surface area contributed by atoms with E-state index in [0.717, 1.165) is 5.56 Å². The summed E-state index contributed by atoms with van der Waals surface area (Å²) >= 11 is 0. The number of piperidine rings is 1. The van der Waals surface area contributed by atoms with Crippen molar-refractivity contribution in [1.82, 2.24) is 15.0 Å². The van der Waals surface area contributed by atoms with Crippen molar-refractivity contribution >= 4 is 11.7 Å². The number of aromatic nitrogens is 2. The average molecular weight is 383 g/mol. The van der Waals surface area contributed by atoms with Gasteiger partial charge in [-0.2, -0.15) is 10.2 Å². The number of alkyl halides is 1. The van der Waals surface area contributed by atoms with Crippen LogP contribution in [0.5, 0.6) is 0 Å². The van der Waals surface area contributed by atoms with Crippen molar-refractivity contribution in [3.63, 3.8) is 0 Å². The minimum atomic E-state index is -0.869. The molecule has 2 aliphatic rings. The van der Waals surface area contributed by atoms with Gasteiger partial charge in [0.15, 0.2) is 5.82 Å². The number of carbonyl (C=O) groups excluding carboxylic acids is 1. The summed E-state index contributed by atoms with van der Waals surface area (Å²) in [4.78, 5) is 18.8. The summed E-state index contributed by atoms with van der Waals surface area (Å²) in [5.41, 5.74) is 1.54. The Hall–Kier alpha value is -2.95. The second-order valence-corrected chi connectivity index (χ2v) is 7.90. The van der Waals surface area contributed by atoms with Gasteiger partial charge >= 0.3 is 6.03 Å². The number of urea groups is 1. The Kier molecular flexibility index (Phi) is 4.53. The number of nitrogens with zero attached hydrogens (tertiary/aromatic N) is 4. The number of halogens is 1. The Labute approximate surface area is 162 Å². The summed E-state index contributed by atoms with van der Waals surface area (Å²) in [6.45, 7) is 4.98. The molecule has 7 nitrogen and oxygen atoms in total. The molecule has 1 saturated heterocycles. The maximum Gasteiger partial charge on any atom is 0.321 e. The lowest BCUT2D eigenvalue weighted by Gasteiger charge is -2.37. The van der Waals surface area contributed by atoms with Crippen LogP contribution in [-0.4, -0.2) is 40.3 Å². The van der Waals surface area contributed by atoms with E-state index in [2.05, 4.69) is 21.5 Å². The molecule has 28 heavy (non-hydrogen) atoms. The quantitative estimate of drug-likeness (QED) is 0.873. The standard InChI is InChI=1S/C20H22FN5O2/c1-12-4-3-5-13(11-22)16(12)23-19(27)26-8-6-20(2,7-9-26)18-24-17(28-25-18)14-10-15(14)21/h3-5,14-15H,6-10H2,1-2H3,(H,23,27)/t14-,15+/m1/s1. The molecular weight excluding hydrogens is 361 g/mol. The fraction of sp³-hybridized carbons (Fsp3) is 0.500. The Morgan fingerprint density at radius 3 is 2.79 bits per heavy atom.